The fraction of sp³-hybridized carbons (Fsp3) is 0.0370. The van der Waals surface area contributed by atoms with Gasteiger partial charge in [0.1, 0.15) is 11.9 Å². The summed E-state index contributed by atoms with van der Waals surface area (Å²) in [5.41, 5.74) is 13.6. The van der Waals surface area contributed by atoms with Crippen LogP contribution in [0.5, 0.6) is 5.75 Å². The fourth-order valence-corrected chi connectivity index (χ4v) is 9.16. The Morgan fingerprint density at radius 3 is 1.64 bits per heavy atom. The fourth-order valence-electron chi connectivity index (χ4n) is 9.16. The Kier molecular flexibility index (Phi) is 7.38. The summed E-state index contributed by atoms with van der Waals surface area (Å²) in [6.07, 6.45) is 4.46. The molecule has 0 saturated heterocycles. The summed E-state index contributed by atoms with van der Waals surface area (Å²) in [6.45, 7) is 0. The van der Waals surface area contributed by atoms with E-state index in [0.29, 0.717) is 0 Å². The molecule has 55 heavy (non-hydrogen) atoms. The largest absolute Gasteiger partial charge is 0.485 e. The Morgan fingerprint density at radius 1 is 0.364 bits per heavy atom. The second-order valence-corrected chi connectivity index (χ2v) is 14.7. The van der Waals surface area contributed by atoms with Crippen LogP contribution in [0.25, 0.3) is 76.8 Å². The minimum Gasteiger partial charge on any atom is -0.485 e. The molecule has 9 aromatic carbocycles. The lowest BCUT2D eigenvalue weighted by Gasteiger charge is -2.28. The van der Waals surface area contributed by atoms with E-state index >= 15 is 0 Å². The number of hydrogen-bond donors (Lipinski definition) is 0. The Morgan fingerprint density at radius 2 is 0.927 bits per heavy atom. The van der Waals surface area contributed by atoms with E-state index < -0.39 is 0 Å². The van der Waals surface area contributed by atoms with Crippen LogP contribution in [0, 0.1) is 0 Å². The first-order chi connectivity index (χ1) is 27.3. The molecule has 2 atom stereocenters. The predicted molar refractivity (Wildman–Crippen MR) is 231 cm³/mol. The van der Waals surface area contributed by atoms with Crippen molar-refractivity contribution in [2.45, 2.75) is 12.0 Å². The van der Waals surface area contributed by atoms with Crippen molar-refractivity contribution in [2.75, 3.05) is 0 Å². The van der Waals surface area contributed by atoms with E-state index in [1.807, 2.05) is 0 Å². The van der Waals surface area contributed by atoms with Crippen LogP contribution in [-0.4, -0.2) is 6.10 Å². The molecule has 1 aliphatic carbocycles. The van der Waals surface area contributed by atoms with E-state index in [-0.39, 0.29) is 12.0 Å². The van der Waals surface area contributed by atoms with E-state index in [2.05, 4.69) is 206 Å². The zero-order chi connectivity index (χ0) is 36.3. The average Bonchev–Trinajstić information content (AvgIpc) is 3.63. The van der Waals surface area contributed by atoms with Crippen molar-refractivity contribution in [3.8, 4) is 39.1 Å². The number of ether oxygens (including phenoxy) is 1. The highest BCUT2D eigenvalue weighted by molar-refractivity contribution is 6.21. The molecule has 0 bridgehead atoms. The molecule has 2 aliphatic rings. The number of allylic oxidation sites excluding steroid dienone is 2. The van der Waals surface area contributed by atoms with Crippen molar-refractivity contribution >= 4 is 43.5 Å². The minimum absolute atomic E-state index is 0.00793. The van der Waals surface area contributed by atoms with E-state index in [0.717, 1.165) is 5.75 Å². The summed E-state index contributed by atoms with van der Waals surface area (Å²) < 4.78 is 6.85. The smallest absolute Gasteiger partial charge is 0.128 e. The molecule has 258 valence electrons. The summed E-state index contributed by atoms with van der Waals surface area (Å²) in [7, 11) is 0. The molecule has 1 aliphatic heterocycles. The molecule has 9 aromatic rings. The Balaban J connectivity index is 1.14. The molecule has 0 amide bonds. The Hall–Kier alpha value is -6.96. The first-order valence-corrected chi connectivity index (χ1v) is 19.2. The molecule has 11 rings (SSSR count). The predicted octanol–water partition coefficient (Wildman–Crippen LogP) is 14.2. The maximum absolute atomic E-state index is 6.85. The highest BCUT2D eigenvalue weighted by Gasteiger charge is 2.40. The Labute approximate surface area is 321 Å². The van der Waals surface area contributed by atoms with Crippen LogP contribution >= 0.6 is 0 Å². The van der Waals surface area contributed by atoms with Gasteiger partial charge >= 0.3 is 0 Å². The molecule has 0 radical (unpaired) electrons. The monoisotopic (exact) mass is 700 g/mol. The van der Waals surface area contributed by atoms with Gasteiger partial charge in [-0.25, -0.2) is 0 Å². The summed E-state index contributed by atoms with van der Waals surface area (Å²) in [4.78, 5) is 0. The summed E-state index contributed by atoms with van der Waals surface area (Å²) in [5, 5.41) is 7.51. The van der Waals surface area contributed by atoms with Gasteiger partial charge in [-0.05, 0) is 118 Å². The van der Waals surface area contributed by atoms with Crippen LogP contribution in [0.1, 0.15) is 22.6 Å². The minimum atomic E-state index is -0.112. The van der Waals surface area contributed by atoms with Crippen LogP contribution in [-0.2, 0) is 0 Å². The average molecular weight is 701 g/mol. The first-order valence-electron chi connectivity index (χ1n) is 19.2. The Bertz CT molecular complexity index is 2950. The molecule has 1 nitrogen and oxygen atoms in total. The molecule has 0 aromatic heterocycles. The molecule has 0 fully saturated rings. The van der Waals surface area contributed by atoms with E-state index in [1.165, 1.54) is 93.5 Å². The van der Waals surface area contributed by atoms with Crippen LogP contribution in [0.4, 0.5) is 0 Å². The van der Waals surface area contributed by atoms with Crippen molar-refractivity contribution in [1.82, 2.24) is 0 Å². The zero-order valence-electron chi connectivity index (χ0n) is 30.2. The SMILES string of the molecule is C1=CC2Oc3ccc(-c4c5ccccc5c(-c5ccccc5)c5ccccc45)cc3C2C(c2cccc(-c3ccccc3)c2)=C1c1ccc2ccccc2c1. The lowest BCUT2D eigenvalue weighted by molar-refractivity contribution is 0.272. The van der Waals surface area contributed by atoms with Gasteiger partial charge < -0.3 is 4.74 Å². The van der Waals surface area contributed by atoms with Crippen molar-refractivity contribution < 1.29 is 4.74 Å². The number of fused-ring (bicyclic) bond motifs is 6. The van der Waals surface area contributed by atoms with Crippen molar-refractivity contribution in [2.24, 2.45) is 0 Å². The van der Waals surface area contributed by atoms with Crippen LogP contribution in [0.15, 0.2) is 206 Å². The third kappa shape index (κ3) is 5.23. The second kappa shape index (κ2) is 12.9. The van der Waals surface area contributed by atoms with Crippen molar-refractivity contribution in [3.63, 3.8) is 0 Å². The van der Waals surface area contributed by atoms with Crippen molar-refractivity contribution in [3.05, 3.63) is 223 Å². The zero-order valence-corrected chi connectivity index (χ0v) is 30.2. The van der Waals surface area contributed by atoms with Gasteiger partial charge in [0.2, 0.25) is 0 Å². The number of rotatable bonds is 5. The molecular weight excluding hydrogens is 665 g/mol. The normalized spacial score (nSPS) is 16.0. The van der Waals surface area contributed by atoms with Gasteiger partial charge in [0.05, 0.1) is 5.92 Å². The molecule has 1 heterocycles. The molecule has 0 saturated carbocycles. The summed E-state index contributed by atoms with van der Waals surface area (Å²) in [6, 6.07) is 70.8. The highest BCUT2D eigenvalue weighted by Crippen LogP contribution is 2.53. The van der Waals surface area contributed by atoms with E-state index in [4.69, 9.17) is 4.74 Å². The highest BCUT2D eigenvalue weighted by atomic mass is 16.5. The third-order valence-corrected chi connectivity index (χ3v) is 11.6. The third-order valence-electron chi connectivity index (χ3n) is 11.6. The van der Waals surface area contributed by atoms with Gasteiger partial charge in [-0.1, -0.05) is 176 Å². The summed E-state index contributed by atoms with van der Waals surface area (Å²) in [5.74, 6) is 0.961. The standard InChI is InChI=1S/C54H36O/c1-3-14-35(15-4-1)39-20-13-21-41(33-39)53-43(40-27-26-36-16-7-8-19-38(36)32-40)29-31-50-54(53)48-34-42(28-30-49(48)55-50)52-46-24-11-9-22-44(46)51(37-17-5-2-6-18-37)45-23-10-12-25-47(45)52/h1-34,50,54H. The van der Waals surface area contributed by atoms with E-state index in [1.54, 1.807) is 0 Å². The number of hydrogen-bond acceptors (Lipinski definition) is 1. The van der Waals surface area contributed by atoms with Gasteiger partial charge in [0.25, 0.3) is 0 Å². The number of benzene rings is 9. The second-order valence-electron chi connectivity index (χ2n) is 14.7. The lowest BCUT2D eigenvalue weighted by atomic mass is 9.75. The van der Waals surface area contributed by atoms with Crippen molar-refractivity contribution in [1.29, 1.82) is 0 Å². The first kappa shape index (κ1) is 31.6. The van der Waals surface area contributed by atoms with Gasteiger partial charge in [0, 0.05) is 5.56 Å². The van der Waals surface area contributed by atoms with Gasteiger partial charge in [-0.2, -0.15) is 0 Å². The van der Waals surface area contributed by atoms with Gasteiger partial charge in [-0.3, -0.25) is 0 Å². The van der Waals surface area contributed by atoms with Crippen LogP contribution < -0.4 is 4.74 Å². The lowest BCUT2D eigenvalue weighted by Crippen LogP contribution is -2.21. The molecule has 1 heteroatoms. The summed E-state index contributed by atoms with van der Waals surface area (Å²) >= 11 is 0. The quantitative estimate of drug-likeness (QED) is 0.162. The van der Waals surface area contributed by atoms with Crippen LogP contribution in [0.2, 0.25) is 0 Å². The van der Waals surface area contributed by atoms with E-state index in [9.17, 15) is 0 Å². The molecular formula is C54H36O. The maximum atomic E-state index is 6.85. The maximum Gasteiger partial charge on any atom is 0.128 e. The molecule has 0 spiro atoms. The topological polar surface area (TPSA) is 9.23 Å². The molecule has 2 unspecified atom stereocenters. The van der Waals surface area contributed by atoms with Gasteiger partial charge in [0.15, 0.2) is 0 Å². The van der Waals surface area contributed by atoms with Gasteiger partial charge in [-0.15, -0.1) is 0 Å². The van der Waals surface area contributed by atoms with Crippen LogP contribution in [0.3, 0.4) is 0 Å². The molecule has 0 N–H and O–H groups in total.